The fraction of sp³-hybridized carbons (Fsp3) is 0.250. The quantitative estimate of drug-likeness (QED) is 0.551. The van der Waals surface area contributed by atoms with E-state index >= 15 is 0 Å². The molecule has 2 amide bonds. The summed E-state index contributed by atoms with van der Waals surface area (Å²) in [7, 11) is -2.29. The molecule has 9 heteroatoms. The number of thiophene rings is 1. The maximum absolute atomic E-state index is 12.9. The number of hydrogen-bond acceptors (Lipinski definition) is 5. The van der Waals surface area contributed by atoms with E-state index in [-0.39, 0.29) is 10.5 Å². The van der Waals surface area contributed by atoms with Gasteiger partial charge >= 0.3 is 0 Å². The molecule has 0 aliphatic heterocycles. The van der Waals surface area contributed by atoms with Crippen LogP contribution in [0.5, 0.6) is 0 Å². The summed E-state index contributed by atoms with van der Waals surface area (Å²) in [4.78, 5) is 26.1. The Labute approximate surface area is 197 Å². The first-order valence-electron chi connectivity index (χ1n) is 10.6. The third-order valence-corrected chi connectivity index (χ3v) is 8.88. The zero-order valence-electron chi connectivity index (χ0n) is 18.4. The molecule has 4 rings (SSSR count). The van der Waals surface area contributed by atoms with Gasteiger partial charge in [-0.05, 0) is 67.1 Å². The van der Waals surface area contributed by atoms with Gasteiger partial charge in [0, 0.05) is 17.5 Å². The fourth-order valence-corrected chi connectivity index (χ4v) is 6.44. The molecule has 7 nitrogen and oxygen atoms in total. The third-order valence-electron chi connectivity index (χ3n) is 5.88. The lowest BCUT2D eigenvalue weighted by atomic mass is 9.87. The Balaban J connectivity index is 1.56. The van der Waals surface area contributed by atoms with Crippen LogP contribution in [0.3, 0.4) is 0 Å². The molecule has 172 valence electrons. The van der Waals surface area contributed by atoms with Crippen molar-refractivity contribution in [3.8, 4) is 0 Å². The molecule has 0 radical (unpaired) electrons. The van der Waals surface area contributed by atoms with Gasteiger partial charge in [-0.25, -0.2) is 8.42 Å². The predicted molar refractivity (Wildman–Crippen MR) is 130 cm³/mol. The number of amides is 2. The molecule has 0 bridgehead atoms. The lowest BCUT2D eigenvalue weighted by molar-refractivity contribution is 0.1000. The summed E-state index contributed by atoms with van der Waals surface area (Å²) in [6, 6.07) is 14.5. The number of nitrogens with one attached hydrogen (secondary N) is 1. The maximum Gasteiger partial charge on any atom is 0.264 e. The van der Waals surface area contributed by atoms with Gasteiger partial charge in [-0.1, -0.05) is 25.1 Å². The molecule has 0 unspecified atom stereocenters. The third kappa shape index (κ3) is 4.51. The second-order valence-corrected chi connectivity index (χ2v) is 11.3. The number of aryl methyl sites for hydroxylation is 1. The van der Waals surface area contributed by atoms with Gasteiger partial charge in [0.15, 0.2) is 0 Å². The Morgan fingerprint density at radius 3 is 2.39 bits per heavy atom. The van der Waals surface area contributed by atoms with Gasteiger partial charge in [0.2, 0.25) is 0 Å². The summed E-state index contributed by atoms with van der Waals surface area (Å²) in [6.07, 6.45) is 2.66. The van der Waals surface area contributed by atoms with Gasteiger partial charge in [-0.2, -0.15) is 0 Å². The number of hydrogen-bond donors (Lipinski definition) is 2. The topological polar surface area (TPSA) is 110 Å². The van der Waals surface area contributed by atoms with E-state index in [9.17, 15) is 18.0 Å². The van der Waals surface area contributed by atoms with Crippen LogP contribution in [0, 0.1) is 5.92 Å². The zero-order chi connectivity index (χ0) is 23.8. The smallest absolute Gasteiger partial charge is 0.264 e. The van der Waals surface area contributed by atoms with E-state index in [0.717, 1.165) is 29.7 Å². The van der Waals surface area contributed by atoms with Crippen LogP contribution in [-0.4, -0.2) is 27.3 Å². The van der Waals surface area contributed by atoms with E-state index in [0.29, 0.717) is 22.2 Å². The number of primary amides is 1. The van der Waals surface area contributed by atoms with Crippen molar-refractivity contribution in [3.05, 3.63) is 76.2 Å². The SMILES string of the molecule is C[C@@H]1CCc2sc(NC(=O)c3ccc(S(=O)(=O)N(C)c4ccccc4)cc3)c(C(N)=O)c2C1. The van der Waals surface area contributed by atoms with Gasteiger partial charge in [0.05, 0.1) is 16.1 Å². The highest BCUT2D eigenvalue weighted by molar-refractivity contribution is 7.92. The number of fused-ring (bicyclic) bond motifs is 1. The first kappa shape index (κ1) is 23.0. The highest BCUT2D eigenvalue weighted by Crippen LogP contribution is 2.39. The summed E-state index contributed by atoms with van der Waals surface area (Å²) in [5.41, 5.74) is 7.78. The fourth-order valence-electron chi connectivity index (χ4n) is 4.00. The van der Waals surface area contributed by atoms with Crippen molar-refractivity contribution in [2.75, 3.05) is 16.7 Å². The zero-order valence-corrected chi connectivity index (χ0v) is 20.0. The number of rotatable bonds is 6. The van der Waals surface area contributed by atoms with E-state index < -0.39 is 21.8 Å². The molecule has 3 N–H and O–H groups in total. The number of carbonyl (C=O) groups is 2. The molecule has 1 heterocycles. The van der Waals surface area contributed by atoms with Crippen LogP contribution >= 0.6 is 11.3 Å². The van der Waals surface area contributed by atoms with Gasteiger partial charge < -0.3 is 11.1 Å². The van der Waals surface area contributed by atoms with Crippen LogP contribution in [0.25, 0.3) is 0 Å². The van der Waals surface area contributed by atoms with Crippen molar-refractivity contribution in [2.45, 2.75) is 31.1 Å². The van der Waals surface area contributed by atoms with Crippen LogP contribution in [0.2, 0.25) is 0 Å². The summed E-state index contributed by atoms with van der Waals surface area (Å²) in [5.74, 6) is -0.524. The average Bonchev–Trinajstić information content (AvgIpc) is 3.16. The summed E-state index contributed by atoms with van der Waals surface area (Å²) >= 11 is 1.39. The number of nitrogens with zero attached hydrogens (tertiary/aromatic N) is 1. The Morgan fingerprint density at radius 1 is 1.09 bits per heavy atom. The summed E-state index contributed by atoms with van der Waals surface area (Å²) in [5, 5.41) is 3.26. The Morgan fingerprint density at radius 2 is 1.76 bits per heavy atom. The molecule has 1 atom stereocenters. The molecule has 33 heavy (non-hydrogen) atoms. The molecule has 3 aromatic rings. The van der Waals surface area contributed by atoms with Crippen LogP contribution in [0.1, 0.15) is 44.5 Å². The normalized spacial score (nSPS) is 15.5. The molecule has 0 saturated carbocycles. The molecular formula is C24H25N3O4S2. The maximum atomic E-state index is 12.9. The van der Waals surface area contributed by atoms with Crippen LogP contribution in [-0.2, 0) is 22.9 Å². The molecule has 1 aliphatic carbocycles. The minimum Gasteiger partial charge on any atom is -0.365 e. The average molecular weight is 484 g/mol. The van der Waals surface area contributed by atoms with E-state index in [1.54, 1.807) is 24.3 Å². The second-order valence-electron chi connectivity index (χ2n) is 8.21. The van der Waals surface area contributed by atoms with E-state index in [2.05, 4.69) is 12.2 Å². The standard InChI is InChI=1S/C24H25N3O4S2/c1-15-8-13-20-19(14-15)21(22(25)28)24(32-20)26-23(29)16-9-11-18(12-10-16)33(30,31)27(2)17-6-4-3-5-7-17/h3-7,9-12,15H,8,13-14H2,1-2H3,(H2,25,28)(H,26,29)/t15-/m1/s1. The van der Waals surface area contributed by atoms with Crippen molar-refractivity contribution >= 4 is 43.9 Å². The number of sulfonamides is 1. The second kappa shape index (κ2) is 8.99. The number of nitrogens with two attached hydrogens (primary N) is 1. The van der Waals surface area contributed by atoms with E-state index in [4.69, 9.17) is 5.73 Å². The van der Waals surface area contributed by atoms with Crippen molar-refractivity contribution in [2.24, 2.45) is 11.7 Å². The van der Waals surface area contributed by atoms with Crippen molar-refractivity contribution in [1.29, 1.82) is 0 Å². The molecular weight excluding hydrogens is 458 g/mol. The highest BCUT2D eigenvalue weighted by Gasteiger charge is 2.28. The molecule has 0 fully saturated rings. The molecule has 1 aromatic heterocycles. The molecule has 2 aromatic carbocycles. The van der Waals surface area contributed by atoms with E-state index in [1.165, 1.54) is 47.0 Å². The Kier molecular flexibility index (Phi) is 6.27. The monoisotopic (exact) mass is 483 g/mol. The van der Waals surface area contributed by atoms with Crippen molar-refractivity contribution < 1.29 is 18.0 Å². The first-order chi connectivity index (χ1) is 15.7. The summed E-state index contributed by atoms with van der Waals surface area (Å²) < 4.78 is 27.1. The van der Waals surface area contributed by atoms with Crippen molar-refractivity contribution in [1.82, 2.24) is 0 Å². The lowest BCUT2D eigenvalue weighted by Gasteiger charge is -2.19. The molecule has 0 spiro atoms. The lowest BCUT2D eigenvalue weighted by Crippen LogP contribution is -2.26. The number of benzene rings is 2. The predicted octanol–water partition coefficient (Wildman–Crippen LogP) is 4.05. The van der Waals surface area contributed by atoms with Crippen LogP contribution < -0.4 is 15.4 Å². The minimum atomic E-state index is -3.78. The van der Waals surface area contributed by atoms with Gasteiger partial charge in [0.1, 0.15) is 5.00 Å². The van der Waals surface area contributed by atoms with Gasteiger partial charge in [-0.15, -0.1) is 11.3 Å². The largest absolute Gasteiger partial charge is 0.365 e. The molecule has 0 saturated heterocycles. The van der Waals surface area contributed by atoms with Crippen LogP contribution in [0.4, 0.5) is 10.7 Å². The minimum absolute atomic E-state index is 0.0730. The van der Waals surface area contributed by atoms with Crippen molar-refractivity contribution in [3.63, 3.8) is 0 Å². The first-order valence-corrected chi connectivity index (χ1v) is 12.8. The van der Waals surface area contributed by atoms with E-state index in [1.807, 2.05) is 6.07 Å². The highest BCUT2D eigenvalue weighted by atomic mass is 32.2. The Hall–Kier alpha value is -3.17. The van der Waals surface area contributed by atoms with Crippen LogP contribution in [0.15, 0.2) is 59.5 Å². The Bertz CT molecular complexity index is 1300. The summed E-state index contributed by atoms with van der Waals surface area (Å²) in [6.45, 7) is 2.13. The van der Waals surface area contributed by atoms with Gasteiger partial charge in [0.25, 0.3) is 21.8 Å². The number of anilines is 2. The van der Waals surface area contributed by atoms with Gasteiger partial charge in [-0.3, -0.25) is 13.9 Å². The number of para-hydroxylation sites is 1. The number of carbonyl (C=O) groups excluding carboxylic acids is 2. The molecule has 1 aliphatic rings.